The van der Waals surface area contributed by atoms with E-state index >= 15 is 0 Å². The van der Waals surface area contributed by atoms with Crippen LogP contribution in [0.3, 0.4) is 0 Å². The summed E-state index contributed by atoms with van der Waals surface area (Å²) < 4.78 is 33.1. The fourth-order valence-electron chi connectivity index (χ4n) is 2.89. The van der Waals surface area contributed by atoms with Gasteiger partial charge < -0.3 is 9.72 Å². The summed E-state index contributed by atoms with van der Waals surface area (Å²) in [6.07, 6.45) is 5.23. The molecule has 0 saturated carbocycles. The van der Waals surface area contributed by atoms with Gasteiger partial charge in [-0.1, -0.05) is 20.3 Å². The van der Waals surface area contributed by atoms with Crippen molar-refractivity contribution < 1.29 is 13.2 Å². The predicted molar refractivity (Wildman–Crippen MR) is 89.9 cm³/mol. The molecule has 1 aliphatic rings. The first kappa shape index (κ1) is 18.4. The molecule has 0 amide bonds. The van der Waals surface area contributed by atoms with Crippen LogP contribution < -0.4 is 0 Å². The van der Waals surface area contributed by atoms with Gasteiger partial charge in [-0.2, -0.15) is 4.31 Å². The number of aromatic amines is 1. The van der Waals surface area contributed by atoms with E-state index in [0.717, 1.165) is 25.7 Å². The number of ether oxygens (including phenoxy) is 1. The second-order valence-electron chi connectivity index (χ2n) is 6.76. The zero-order valence-electron chi connectivity index (χ0n) is 14.6. The Morgan fingerprint density at radius 2 is 2.09 bits per heavy atom. The average Bonchev–Trinajstić information content (AvgIpc) is 2.98. The Kier molecular flexibility index (Phi) is 6.22. The van der Waals surface area contributed by atoms with Gasteiger partial charge in [0.2, 0.25) is 0 Å². The predicted octanol–water partition coefficient (Wildman–Crippen LogP) is 2.89. The second-order valence-corrected chi connectivity index (χ2v) is 8.62. The molecular weight excluding hydrogens is 314 g/mol. The van der Waals surface area contributed by atoms with Crippen molar-refractivity contribution in [3.05, 3.63) is 12.0 Å². The Morgan fingerprint density at radius 1 is 1.35 bits per heavy atom. The normalized spacial score (nSPS) is 20.5. The van der Waals surface area contributed by atoms with Gasteiger partial charge in [0, 0.05) is 25.1 Å². The molecule has 1 aliphatic heterocycles. The van der Waals surface area contributed by atoms with Crippen LogP contribution in [0.2, 0.25) is 0 Å². The van der Waals surface area contributed by atoms with Crippen molar-refractivity contribution in [1.82, 2.24) is 14.3 Å². The number of piperidine rings is 1. The van der Waals surface area contributed by atoms with E-state index in [9.17, 15) is 8.42 Å². The van der Waals surface area contributed by atoms with Gasteiger partial charge in [-0.25, -0.2) is 13.4 Å². The first-order valence-electron chi connectivity index (χ1n) is 8.50. The Labute approximate surface area is 139 Å². The van der Waals surface area contributed by atoms with E-state index in [1.165, 1.54) is 6.20 Å². The first-order chi connectivity index (χ1) is 10.8. The summed E-state index contributed by atoms with van der Waals surface area (Å²) in [5.41, 5.74) is 0. The molecule has 1 fully saturated rings. The van der Waals surface area contributed by atoms with Gasteiger partial charge in [-0.3, -0.25) is 0 Å². The monoisotopic (exact) mass is 343 g/mol. The number of H-pyrrole nitrogens is 1. The van der Waals surface area contributed by atoms with E-state index in [1.54, 1.807) is 4.31 Å². The van der Waals surface area contributed by atoms with Gasteiger partial charge in [0.05, 0.1) is 12.3 Å². The third kappa shape index (κ3) is 4.55. The lowest BCUT2D eigenvalue weighted by molar-refractivity contribution is 0.0620. The van der Waals surface area contributed by atoms with Crippen LogP contribution in [0.5, 0.6) is 0 Å². The molecule has 23 heavy (non-hydrogen) atoms. The molecule has 0 aliphatic carbocycles. The summed E-state index contributed by atoms with van der Waals surface area (Å²) in [5.74, 6) is 0.885. The molecule has 1 saturated heterocycles. The summed E-state index contributed by atoms with van der Waals surface area (Å²) in [7, 11) is -3.51. The molecule has 1 atom stereocenters. The van der Waals surface area contributed by atoms with Crippen LogP contribution in [0, 0.1) is 0 Å². The fourth-order valence-corrected chi connectivity index (χ4v) is 4.53. The molecule has 0 aromatic carbocycles. The minimum absolute atomic E-state index is 0.0123. The molecule has 6 nitrogen and oxygen atoms in total. The third-order valence-corrected chi connectivity index (χ3v) is 6.04. The smallest absolute Gasteiger partial charge is 0.260 e. The number of hydrogen-bond acceptors (Lipinski definition) is 4. The van der Waals surface area contributed by atoms with Gasteiger partial charge in [0.1, 0.15) is 5.82 Å². The lowest BCUT2D eigenvalue weighted by Gasteiger charge is -2.34. The quantitative estimate of drug-likeness (QED) is 0.826. The number of imidazole rings is 1. The molecule has 1 aromatic heterocycles. The van der Waals surface area contributed by atoms with Gasteiger partial charge >= 0.3 is 0 Å². The zero-order valence-corrected chi connectivity index (χ0v) is 15.4. The molecule has 1 unspecified atom stereocenters. The summed E-state index contributed by atoms with van der Waals surface area (Å²) in [6, 6.07) is 0.0123. The Hall–Kier alpha value is -0.920. The van der Waals surface area contributed by atoms with Crippen LogP contribution in [0.15, 0.2) is 11.2 Å². The average molecular weight is 343 g/mol. The number of hydrogen-bond donors (Lipinski definition) is 1. The Balaban J connectivity index is 2.13. The topological polar surface area (TPSA) is 75.3 Å². The second kappa shape index (κ2) is 7.77. The number of nitrogens with one attached hydrogen (secondary N) is 1. The van der Waals surface area contributed by atoms with E-state index in [0.29, 0.717) is 19.0 Å². The molecule has 0 bridgehead atoms. The molecule has 2 rings (SSSR count). The molecular formula is C16H29N3O3S. The standard InChI is InChI=1S/C16H29N3O3S/c1-12(2)16-17-11-15(18-16)23(20,21)19-9-6-5-7-14(19)8-10-22-13(3)4/h11-14H,5-10H2,1-4H3,(H,17,18). The van der Waals surface area contributed by atoms with Crippen molar-refractivity contribution in [2.24, 2.45) is 0 Å². The molecule has 1 N–H and O–H groups in total. The molecule has 132 valence electrons. The van der Waals surface area contributed by atoms with Crippen molar-refractivity contribution in [1.29, 1.82) is 0 Å². The van der Waals surface area contributed by atoms with Crippen molar-refractivity contribution in [3.63, 3.8) is 0 Å². The maximum atomic E-state index is 12.9. The number of sulfonamides is 1. The van der Waals surface area contributed by atoms with Gasteiger partial charge in [0.25, 0.3) is 10.0 Å². The highest BCUT2D eigenvalue weighted by molar-refractivity contribution is 7.89. The summed E-state index contributed by atoms with van der Waals surface area (Å²) in [6.45, 7) is 9.13. The molecule has 0 spiro atoms. The molecule has 7 heteroatoms. The number of rotatable bonds is 7. The van der Waals surface area contributed by atoms with E-state index in [-0.39, 0.29) is 23.1 Å². The third-order valence-electron chi connectivity index (χ3n) is 4.18. The van der Waals surface area contributed by atoms with Gasteiger partial charge in [-0.15, -0.1) is 0 Å². The van der Waals surface area contributed by atoms with Crippen LogP contribution in [0.25, 0.3) is 0 Å². The van der Waals surface area contributed by atoms with Crippen LogP contribution in [-0.2, 0) is 14.8 Å². The minimum Gasteiger partial charge on any atom is -0.379 e. The van der Waals surface area contributed by atoms with Crippen molar-refractivity contribution in [2.45, 2.75) is 76.5 Å². The van der Waals surface area contributed by atoms with Crippen LogP contribution in [-0.4, -0.2) is 48.0 Å². The highest BCUT2D eigenvalue weighted by atomic mass is 32.2. The summed E-state index contributed by atoms with van der Waals surface area (Å²) in [5, 5.41) is 0.206. The number of aromatic nitrogens is 2. The number of nitrogens with zero attached hydrogens (tertiary/aromatic N) is 2. The van der Waals surface area contributed by atoms with Gasteiger partial charge in [0.15, 0.2) is 5.03 Å². The SMILES string of the molecule is CC(C)OCCC1CCCCN1S(=O)(=O)c1cnc(C(C)C)[nH]1. The zero-order chi connectivity index (χ0) is 17.0. The van der Waals surface area contributed by atoms with Crippen molar-refractivity contribution in [2.75, 3.05) is 13.2 Å². The van der Waals surface area contributed by atoms with E-state index < -0.39 is 10.0 Å². The summed E-state index contributed by atoms with van der Waals surface area (Å²) in [4.78, 5) is 7.17. The highest BCUT2D eigenvalue weighted by Gasteiger charge is 2.34. The maximum absolute atomic E-state index is 12.9. The van der Waals surface area contributed by atoms with Crippen molar-refractivity contribution in [3.8, 4) is 0 Å². The van der Waals surface area contributed by atoms with Crippen LogP contribution in [0.4, 0.5) is 0 Å². The van der Waals surface area contributed by atoms with Crippen molar-refractivity contribution >= 4 is 10.0 Å². The van der Waals surface area contributed by atoms with Crippen LogP contribution >= 0.6 is 0 Å². The largest absolute Gasteiger partial charge is 0.379 e. The van der Waals surface area contributed by atoms with E-state index in [2.05, 4.69) is 9.97 Å². The molecule has 1 aromatic rings. The summed E-state index contributed by atoms with van der Waals surface area (Å²) >= 11 is 0. The molecule has 0 radical (unpaired) electrons. The molecule has 2 heterocycles. The fraction of sp³-hybridized carbons (Fsp3) is 0.812. The lowest BCUT2D eigenvalue weighted by atomic mass is 10.0. The highest BCUT2D eigenvalue weighted by Crippen LogP contribution is 2.27. The lowest BCUT2D eigenvalue weighted by Crippen LogP contribution is -2.44. The van der Waals surface area contributed by atoms with E-state index in [4.69, 9.17) is 4.74 Å². The first-order valence-corrected chi connectivity index (χ1v) is 9.94. The Bertz CT molecular complexity index is 595. The van der Waals surface area contributed by atoms with Gasteiger partial charge in [-0.05, 0) is 33.1 Å². The minimum atomic E-state index is -3.51. The van der Waals surface area contributed by atoms with E-state index in [1.807, 2.05) is 27.7 Å². The van der Waals surface area contributed by atoms with Crippen LogP contribution in [0.1, 0.15) is 65.1 Å². The maximum Gasteiger partial charge on any atom is 0.260 e. The Morgan fingerprint density at radius 3 is 2.70 bits per heavy atom.